The third-order valence-corrected chi connectivity index (χ3v) is 4.99. The second-order valence-electron chi connectivity index (χ2n) is 7.01. The highest BCUT2D eigenvalue weighted by Gasteiger charge is 2.25. The van der Waals surface area contributed by atoms with Crippen LogP contribution in [0.5, 0.6) is 0 Å². The van der Waals surface area contributed by atoms with Crippen molar-refractivity contribution in [1.82, 2.24) is 19.9 Å². The van der Waals surface area contributed by atoms with Gasteiger partial charge in [-0.25, -0.2) is 24.7 Å². The minimum Gasteiger partial charge on any atom is -0.462 e. The van der Waals surface area contributed by atoms with Gasteiger partial charge in [-0.3, -0.25) is 0 Å². The van der Waals surface area contributed by atoms with E-state index < -0.39 is 5.97 Å². The minimum atomic E-state index is -0.402. The number of nitrogens with zero attached hydrogens (tertiary/aromatic N) is 6. The van der Waals surface area contributed by atoms with Gasteiger partial charge in [0.2, 0.25) is 0 Å². The van der Waals surface area contributed by atoms with E-state index in [1.54, 1.807) is 19.4 Å². The first-order valence-corrected chi connectivity index (χ1v) is 10.0. The number of piperazine rings is 1. The molecule has 4 rings (SSSR count). The maximum atomic E-state index is 12.5. The number of benzene rings is 1. The summed E-state index contributed by atoms with van der Waals surface area (Å²) >= 11 is 0. The lowest BCUT2D eigenvalue weighted by Crippen LogP contribution is -2.47. The fraction of sp³-hybridized carbons (Fsp3) is 0.318. The summed E-state index contributed by atoms with van der Waals surface area (Å²) in [4.78, 5) is 34.6. The molecular weight excluding hydrogens is 380 g/mol. The molecule has 2 aromatic heterocycles. The standard InChI is InChI=1S/C22H24N6O2/c1-3-30-22(29)18-14-23-20(17-7-5-4-6-8-17)26-21(18)28-11-9-27(10-12-28)19-13-16(2)24-15-25-19/h4-8,13-15H,3,9-12H2,1-2H3. The van der Waals surface area contributed by atoms with Gasteiger partial charge in [0.15, 0.2) is 5.82 Å². The van der Waals surface area contributed by atoms with Gasteiger partial charge in [-0.15, -0.1) is 0 Å². The van der Waals surface area contributed by atoms with Gasteiger partial charge >= 0.3 is 5.97 Å². The molecular formula is C22H24N6O2. The van der Waals surface area contributed by atoms with Crippen LogP contribution in [-0.4, -0.2) is 58.7 Å². The quantitative estimate of drug-likeness (QED) is 0.600. The SMILES string of the molecule is CCOC(=O)c1cnc(-c2ccccc2)nc1N1CCN(c2cc(C)ncn2)CC1. The molecule has 0 N–H and O–H groups in total. The summed E-state index contributed by atoms with van der Waals surface area (Å²) in [5.74, 6) is 1.72. The van der Waals surface area contributed by atoms with Gasteiger partial charge in [-0.1, -0.05) is 30.3 Å². The van der Waals surface area contributed by atoms with Gasteiger partial charge < -0.3 is 14.5 Å². The van der Waals surface area contributed by atoms with Crippen LogP contribution in [0.1, 0.15) is 23.0 Å². The molecule has 0 saturated carbocycles. The Morgan fingerprint density at radius 2 is 1.77 bits per heavy atom. The highest BCUT2D eigenvalue weighted by atomic mass is 16.5. The third-order valence-electron chi connectivity index (χ3n) is 4.99. The van der Waals surface area contributed by atoms with E-state index in [4.69, 9.17) is 9.72 Å². The van der Waals surface area contributed by atoms with Gasteiger partial charge in [0.05, 0.1) is 6.61 Å². The second kappa shape index (κ2) is 8.86. The van der Waals surface area contributed by atoms with Crippen LogP contribution >= 0.6 is 0 Å². The molecule has 0 aliphatic carbocycles. The van der Waals surface area contributed by atoms with E-state index in [2.05, 4.69) is 24.8 Å². The molecule has 1 aromatic carbocycles. The fourth-order valence-electron chi connectivity index (χ4n) is 3.45. The lowest BCUT2D eigenvalue weighted by molar-refractivity contribution is 0.0526. The molecule has 8 heteroatoms. The zero-order chi connectivity index (χ0) is 20.9. The van der Waals surface area contributed by atoms with Crippen molar-refractivity contribution in [2.75, 3.05) is 42.6 Å². The molecule has 3 heterocycles. The Balaban J connectivity index is 1.60. The number of hydrogen-bond donors (Lipinski definition) is 0. The molecule has 1 aliphatic heterocycles. The molecule has 0 unspecified atom stereocenters. The molecule has 0 amide bonds. The van der Waals surface area contributed by atoms with Crippen LogP contribution in [0.3, 0.4) is 0 Å². The van der Waals surface area contributed by atoms with Crippen molar-refractivity contribution in [2.45, 2.75) is 13.8 Å². The Labute approximate surface area is 175 Å². The highest BCUT2D eigenvalue weighted by molar-refractivity contribution is 5.95. The number of rotatable bonds is 5. The largest absolute Gasteiger partial charge is 0.462 e. The fourth-order valence-corrected chi connectivity index (χ4v) is 3.45. The minimum absolute atomic E-state index is 0.305. The van der Waals surface area contributed by atoms with E-state index in [-0.39, 0.29) is 0 Å². The smallest absolute Gasteiger partial charge is 0.343 e. The maximum absolute atomic E-state index is 12.5. The summed E-state index contributed by atoms with van der Waals surface area (Å²) in [5.41, 5.74) is 2.24. The summed E-state index contributed by atoms with van der Waals surface area (Å²) in [6, 6.07) is 11.7. The summed E-state index contributed by atoms with van der Waals surface area (Å²) in [6.45, 7) is 7.01. The zero-order valence-corrected chi connectivity index (χ0v) is 17.2. The van der Waals surface area contributed by atoms with E-state index in [1.165, 1.54) is 0 Å². The third kappa shape index (κ3) is 4.22. The van der Waals surface area contributed by atoms with E-state index in [0.717, 1.165) is 30.2 Å². The first-order valence-electron chi connectivity index (χ1n) is 10.0. The lowest BCUT2D eigenvalue weighted by Gasteiger charge is -2.36. The van der Waals surface area contributed by atoms with Crippen molar-refractivity contribution in [3.05, 3.63) is 60.2 Å². The van der Waals surface area contributed by atoms with E-state index in [0.29, 0.717) is 36.9 Å². The number of anilines is 2. The number of aromatic nitrogens is 4. The Hall–Kier alpha value is -3.55. The number of esters is 1. The van der Waals surface area contributed by atoms with Crippen molar-refractivity contribution in [1.29, 1.82) is 0 Å². The summed E-state index contributed by atoms with van der Waals surface area (Å²) < 4.78 is 5.24. The number of aryl methyl sites for hydroxylation is 1. The highest BCUT2D eigenvalue weighted by Crippen LogP contribution is 2.25. The van der Waals surface area contributed by atoms with Crippen LogP contribution < -0.4 is 9.80 Å². The number of carbonyl (C=O) groups excluding carboxylic acids is 1. The van der Waals surface area contributed by atoms with E-state index in [1.807, 2.05) is 43.3 Å². The number of carbonyl (C=O) groups is 1. The lowest BCUT2D eigenvalue weighted by atomic mass is 10.2. The van der Waals surface area contributed by atoms with Crippen LogP contribution in [0.4, 0.5) is 11.6 Å². The predicted molar refractivity (Wildman–Crippen MR) is 115 cm³/mol. The molecule has 1 fully saturated rings. The monoisotopic (exact) mass is 404 g/mol. The molecule has 0 spiro atoms. The Morgan fingerprint density at radius 1 is 1.03 bits per heavy atom. The van der Waals surface area contributed by atoms with Gasteiger partial charge in [0, 0.05) is 49.7 Å². The molecule has 0 radical (unpaired) electrons. The second-order valence-corrected chi connectivity index (χ2v) is 7.01. The Kier molecular flexibility index (Phi) is 5.83. The maximum Gasteiger partial charge on any atom is 0.343 e. The van der Waals surface area contributed by atoms with Gasteiger partial charge in [-0.2, -0.15) is 0 Å². The Bertz CT molecular complexity index is 1020. The molecule has 8 nitrogen and oxygen atoms in total. The Morgan fingerprint density at radius 3 is 2.47 bits per heavy atom. The summed E-state index contributed by atoms with van der Waals surface area (Å²) in [6.07, 6.45) is 3.16. The van der Waals surface area contributed by atoms with Crippen LogP contribution in [0.25, 0.3) is 11.4 Å². The molecule has 0 bridgehead atoms. The summed E-state index contributed by atoms with van der Waals surface area (Å²) in [7, 11) is 0. The first kappa shape index (κ1) is 19.8. The van der Waals surface area contributed by atoms with Crippen molar-refractivity contribution < 1.29 is 9.53 Å². The van der Waals surface area contributed by atoms with Gasteiger partial charge in [-0.05, 0) is 13.8 Å². The average molecular weight is 404 g/mol. The number of ether oxygens (including phenoxy) is 1. The molecule has 1 aliphatic rings. The van der Waals surface area contributed by atoms with Crippen LogP contribution in [-0.2, 0) is 4.74 Å². The molecule has 1 saturated heterocycles. The van der Waals surface area contributed by atoms with Crippen molar-refractivity contribution in [3.8, 4) is 11.4 Å². The van der Waals surface area contributed by atoms with Gasteiger partial charge in [0.25, 0.3) is 0 Å². The van der Waals surface area contributed by atoms with Crippen LogP contribution in [0, 0.1) is 6.92 Å². The molecule has 30 heavy (non-hydrogen) atoms. The zero-order valence-electron chi connectivity index (χ0n) is 17.2. The molecule has 154 valence electrons. The van der Waals surface area contributed by atoms with Crippen molar-refractivity contribution in [2.24, 2.45) is 0 Å². The van der Waals surface area contributed by atoms with Gasteiger partial charge in [0.1, 0.15) is 23.5 Å². The van der Waals surface area contributed by atoms with E-state index in [9.17, 15) is 4.79 Å². The van der Waals surface area contributed by atoms with Crippen LogP contribution in [0.15, 0.2) is 48.9 Å². The van der Waals surface area contributed by atoms with Crippen molar-refractivity contribution in [3.63, 3.8) is 0 Å². The van der Waals surface area contributed by atoms with Crippen LogP contribution in [0.2, 0.25) is 0 Å². The van der Waals surface area contributed by atoms with E-state index >= 15 is 0 Å². The van der Waals surface area contributed by atoms with Crippen molar-refractivity contribution >= 4 is 17.6 Å². The first-order chi connectivity index (χ1) is 14.7. The molecule has 3 aromatic rings. The average Bonchev–Trinajstić information content (AvgIpc) is 2.79. The topological polar surface area (TPSA) is 84.3 Å². The molecule has 0 atom stereocenters. The predicted octanol–water partition coefficient (Wildman–Crippen LogP) is 2.75. The number of hydrogen-bond acceptors (Lipinski definition) is 8. The normalized spacial score (nSPS) is 13.9. The summed E-state index contributed by atoms with van der Waals surface area (Å²) in [5, 5.41) is 0.